The Kier molecular flexibility index (Phi) is 6.76. The van der Waals surface area contributed by atoms with Crippen molar-refractivity contribution >= 4 is 26.0 Å². The maximum absolute atomic E-state index is 13.8. The number of sulfonamides is 1. The van der Waals surface area contributed by atoms with Gasteiger partial charge in [-0.3, -0.25) is 0 Å². The third-order valence-corrected chi connectivity index (χ3v) is 9.04. The van der Waals surface area contributed by atoms with Crippen LogP contribution in [0.15, 0.2) is 51.8 Å². The molecule has 2 unspecified atom stereocenters. The summed E-state index contributed by atoms with van der Waals surface area (Å²) in [6.07, 6.45) is 4.43. The second kappa shape index (κ2) is 8.78. The first-order valence-corrected chi connectivity index (χ1v) is 12.5. The summed E-state index contributed by atoms with van der Waals surface area (Å²) in [4.78, 5) is 0.348. The lowest BCUT2D eigenvalue weighted by Crippen LogP contribution is -2.48. The molecular weight excluding hydrogens is 450 g/mol. The van der Waals surface area contributed by atoms with Gasteiger partial charge in [0.05, 0.1) is 16.5 Å². The second-order valence-electron chi connectivity index (χ2n) is 7.85. The van der Waals surface area contributed by atoms with Gasteiger partial charge < -0.3 is 4.74 Å². The minimum absolute atomic E-state index is 0.00932. The fourth-order valence-corrected chi connectivity index (χ4v) is 6.89. The highest BCUT2D eigenvalue weighted by molar-refractivity contribution is 9.10. The molecule has 1 heterocycles. The maximum Gasteiger partial charge on any atom is 0.243 e. The minimum Gasteiger partial charge on any atom is -0.496 e. The molecule has 0 radical (unpaired) electrons. The number of halogens is 1. The van der Waals surface area contributed by atoms with Crippen LogP contribution in [0.2, 0.25) is 0 Å². The monoisotopic (exact) mass is 479 g/mol. The van der Waals surface area contributed by atoms with Crippen molar-refractivity contribution in [2.45, 2.75) is 62.3 Å². The van der Waals surface area contributed by atoms with Gasteiger partial charge in [0.2, 0.25) is 10.0 Å². The summed E-state index contributed by atoms with van der Waals surface area (Å²) in [5, 5.41) is 0. The van der Waals surface area contributed by atoms with Crippen LogP contribution in [0.1, 0.15) is 63.0 Å². The number of hydrogen-bond donors (Lipinski definition) is 0. The van der Waals surface area contributed by atoms with Crippen LogP contribution in [-0.4, -0.2) is 32.4 Å². The number of nitrogens with zero attached hydrogens (tertiary/aromatic N) is 1. The van der Waals surface area contributed by atoms with Gasteiger partial charge in [-0.1, -0.05) is 57.0 Å². The summed E-state index contributed by atoms with van der Waals surface area (Å²) in [5.41, 5.74) is 1.56. The van der Waals surface area contributed by atoms with E-state index in [1.54, 1.807) is 24.5 Å². The highest BCUT2D eigenvalue weighted by Gasteiger charge is 2.46. The van der Waals surface area contributed by atoms with Gasteiger partial charge in [0.1, 0.15) is 5.75 Å². The van der Waals surface area contributed by atoms with E-state index in [2.05, 4.69) is 41.9 Å². The lowest BCUT2D eigenvalue weighted by Gasteiger charge is -2.40. The Labute approximate surface area is 183 Å². The van der Waals surface area contributed by atoms with Crippen molar-refractivity contribution in [3.8, 4) is 5.75 Å². The molecule has 0 aliphatic carbocycles. The molecule has 0 aromatic heterocycles. The molecule has 1 aliphatic rings. The average Bonchev–Trinajstić information content (AvgIpc) is 2.80. The number of methoxy groups -OCH3 is 1. The highest BCUT2D eigenvalue weighted by atomic mass is 79.9. The van der Waals surface area contributed by atoms with Gasteiger partial charge in [-0.15, -0.1) is 0 Å². The Morgan fingerprint density at radius 3 is 2.48 bits per heavy atom. The standard InChI is InChI=1S/C23H30BrNO3S/c1-5-7-13-23(6-2)16-19(17-11-9-8-10-12-17)18-14-20(24)21(28-4)15-22(18)29(26,27)25(23)3/h8-12,14-15,19H,5-7,13,16H2,1-4H3. The van der Waals surface area contributed by atoms with Crippen molar-refractivity contribution in [2.24, 2.45) is 0 Å². The Hall–Kier alpha value is -1.37. The first-order chi connectivity index (χ1) is 13.8. The van der Waals surface area contributed by atoms with Gasteiger partial charge in [0.25, 0.3) is 0 Å². The van der Waals surface area contributed by atoms with Crippen molar-refractivity contribution in [1.82, 2.24) is 4.31 Å². The first-order valence-electron chi connectivity index (χ1n) is 10.2. The molecule has 0 saturated carbocycles. The maximum atomic E-state index is 13.8. The molecule has 0 saturated heterocycles. The van der Waals surface area contributed by atoms with E-state index in [1.165, 1.54) is 0 Å². The summed E-state index contributed by atoms with van der Waals surface area (Å²) < 4.78 is 35.4. The predicted molar refractivity (Wildman–Crippen MR) is 121 cm³/mol. The summed E-state index contributed by atoms with van der Waals surface area (Å²) in [5.74, 6) is 0.523. The van der Waals surface area contributed by atoms with Crippen LogP contribution in [0.25, 0.3) is 0 Å². The van der Waals surface area contributed by atoms with Gasteiger partial charge in [-0.05, 0) is 52.4 Å². The SMILES string of the molecule is CCCCC1(CC)CC(c2ccccc2)c2cc(Br)c(OC)cc2S(=O)(=O)N1C. The number of ether oxygens (including phenoxy) is 1. The van der Waals surface area contributed by atoms with Crippen molar-refractivity contribution in [3.05, 3.63) is 58.1 Å². The number of rotatable bonds is 6. The van der Waals surface area contributed by atoms with Crippen LogP contribution in [0.5, 0.6) is 5.75 Å². The quantitative estimate of drug-likeness (QED) is 0.513. The van der Waals surface area contributed by atoms with Crippen LogP contribution in [0.4, 0.5) is 0 Å². The topological polar surface area (TPSA) is 46.6 Å². The van der Waals surface area contributed by atoms with Crippen LogP contribution in [0.3, 0.4) is 0 Å². The number of fused-ring (bicyclic) bond motifs is 1. The van der Waals surface area contributed by atoms with Gasteiger partial charge in [0.15, 0.2) is 0 Å². The molecule has 2 atom stereocenters. The molecule has 3 rings (SSSR count). The summed E-state index contributed by atoms with van der Waals surface area (Å²) in [7, 11) is -0.354. The molecule has 1 aliphatic heterocycles. The largest absolute Gasteiger partial charge is 0.496 e. The Balaban J connectivity index is 2.31. The third kappa shape index (κ3) is 3.99. The fraction of sp³-hybridized carbons (Fsp3) is 0.478. The van der Waals surface area contributed by atoms with E-state index in [4.69, 9.17) is 4.74 Å². The Morgan fingerprint density at radius 1 is 1.21 bits per heavy atom. The zero-order chi connectivity index (χ0) is 21.2. The zero-order valence-electron chi connectivity index (χ0n) is 17.6. The lowest BCUT2D eigenvalue weighted by atomic mass is 9.76. The molecule has 2 aromatic rings. The third-order valence-electron chi connectivity index (χ3n) is 6.41. The van der Waals surface area contributed by atoms with E-state index in [0.29, 0.717) is 10.6 Å². The molecule has 0 spiro atoms. The highest BCUT2D eigenvalue weighted by Crippen LogP contribution is 2.48. The van der Waals surface area contributed by atoms with Crippen LogP contribution < -0.4 is 4.74 Å². The van der Waals surface area contributed by atoms with Crippen LogP contribution >= 0.6 is 15.9 Å². The van der Waals surface area contributed by atoms with Crippen molar-refractivity contribution in [3.63, 3.8) is 0 Å². The van der Waals surface area contributed by atoms with E-state index in [1.807, 2.05) is 24.3 Å². The fourth-order valence-electron chi connectivity index (χ4n) is 4.52. The molecule has 29 heavy (non-hydrogen) atoms. The molecule has 0 fully saturated rings. The van der Waals surface area contributed by atoms with Crippen LogP contribution in [-0.2, 0) is 10.0 Å². The molecule has 0 N–H and O–H groups in total. The van der Waals surface area contributed by atoms with E-state index in [9.17, 15) is 8.42 Å². The van der Waals surface area contributed by atoms with E-state index in [-0.39, 0.29) is 5.92 Å². The summed E-state index contributed by atoms with van der Waals surface area (Å²) >= 11 is 3.57. The molecular formula is C23H30BrNO3S. The van der Waals surface area contributed by atoms with E-state index >= 15 is 0 Å². The Bertz CT molecular complexity index is 962. The van der Waals surface area contributed by atoms with Gasteiger partial charge in [-0.2, -0.15) is 4.31 Å². The lowest BCUT2D eigenvalue weighted by molar-refractivity contribution is 0.170. The molecule has 0 amide bonds. The molecule has 2 aromatic carbocycles. The minimum atomic E-state index is -3.67. The smallest absolute Gasteiger partial charge is 0.243 e. The Morgan fingerprint density at radius 2 is 1.90 bits per heavy atom. The van der Waals surface area contributed by atoms with Gasteiger partial charge >= 0.3 is 0 Å². The van der Waals surface area contributed by atoms with Crippen molar-refractivity contribution in [1.29, 1.82) is 0 Å². The van der Waals surface area contributed by atoms with Gasteiger partial charge in [0, 0.05) is 24.6 Å². The molecule has 4 nitrogen and oxygen atoms in total. The normalized spacial score (nSPS) is 24.0. The van der Waals surface area contributed by atoms with Gasteiger partial charge in [-0.25, -0.2) is 8.42 Å². The second-order valence-corrected chi connectivity index (χ2v) is 10.6. The molecule has 0 bridgehead atoms. The predicted octanol–water partition coefficient (Wildman–Crippen LogP) is 5.95. The molecule has 158 valence electrons. The van der Waals surface area contributed by atoms with E-state index < -0.39 is 15.6 Å². The summed E-state index contributed by atoms with van der Waals surface area (Å²) in [6, 6.07) is 13.9. The average molecular weight is 480 g/mol. The van der Waals surface area contributed by atoms with Crippen molar-refractivity contribution < 1.29 is 13.2 Å². The van der Waals surface area contributed by atoms with E-state index in [0.717, 1.165) is 47.7 Å². The number of benzene rings is 2. The summed E-state index contributed by atoms with van der Waals surface area (Å²) in [6.45, 7) is 4.26. The number of unbranched alkanes of at least 4 members (excludes halogenated alkanes) is 1. The number of hydrogen-bond acceptors (Lipinski definition) is 3. The van der Waals surface area contributed by atoms with Crippen LogP contribution in [0, 0.1) is 0 Å². The zero-order valence-corrected chi connectivity index (χ0v) is 20.0. The van der Waals surface area contributed by atoms with Crippen molar-refractivity contribution in [2.75, 3.05) is 14.2 Å². The molecule has 6 heteroatoms. The first kappa shape index (κ1) is 22.3.